The van der Waals surface area contributed by atoms with Crippen LogP contribution in [0.3, 0.4) is 0 Å². The summed E-state index contributed by atoms with van der Waals surface area (Å²) >= 11 is 0. The summed E-state index contributed by atoms with van der Waals surface area (Å²) in [6.07, 6.45) is 0.862. The van der Waals surface area contributed by atoms with Crippen molar-refractivity contribution in [2.75, 3.05) is 26.0 Å². The monoisotopic (exact) mass is 347 g/mol. The van der Waals surface area contributed by atoms with Gasteiger partial charge in [-0.25, -0.2) is 0 Å². The minimum atomic E-state index is -0.578. The smallest absolute Gasteiger partial charge is 0.257 e. The summed E-state index contributed by atoms with van der Waals surface area (Å²) in [5.74, 6) is -1.35. The molecule has 1 aliphatic carbocycles. The third-order valence-electron chi connectivity index (χ3n) is 4.31. The lowest BCUT2D eigenvalue weighted by atomic mass is 9.84. The first-order valence-corrected chi connectivity index (χ1v) is 8.28. The molecule has 2 rings (SSSR count). The zero-order chi connectivity index (χ0) is 18.7. The van der Waals surface area contributed by atoms with Crippen LogP contribution in [-0.2, 0) is 4.79 Å². The molecule has 1 aliphatic rings. The van der Waals surface area contributed by atoms with Crippen molar-refractivity contribution in [3.63, 3.8) is 0 Å². The molecule has 0 aliphatic heterocycles. The van der Waals surface area contributed by atoms with Gasteiger partial charge in [-0.15, -0.1) is 0 Å². The summed E-state index contributed by atoms with van der Waals surface area (Å²) in [7, 11) is 3.19. The molecule has 0 saturated heterocycles. The van der Waals surface area contributed by atoms with Crippen LogP contribution in [0.2, 0.25) is 0 Å². The van der Waals surface area contributed by atoms with Crippen LogP contribution in [0.1, 0.15) is 30.6 Å². The Morgan fingerprint density at radius 3 is 2.60 bits per heavy atom. The Morgan fingerprint density at radius 2 is 2.04 bits per heavy atom. The largest absolute Gasteiger partial charge is 0.505 e. The van der Waals surface area contributed by atoms with Gasteiger partial charge in [0.1, 0.15) is 5.70 Å². The Hall–Kier alpha value is -2.54. The minimum absolute atomic E-state index is 0.143. The van der Waals surface area contributed by atoms with Crippen LogP contribution in [0, 0.1) is 5.92 Å². The van der Waals surface area contributed by atoms with Gasteiger partial charge in [-0.3, -0.25) is 9.59 Å². The number of carbonyl (C=O) groups excluding carboxylic acids is 2. The van der Waals surface area contributed by atoms with Crippen molar-refractivity contribution in [3.8, 4) is 5.75 Å². The number of hydrogen-bond acceptors (Lipinski definition) is 6. The number of anilines is 1. The van der Waals surface area contributed by atoms with Crippen molar-refractivity contribution < 1.29 is 19.8 Å². The molecular formula is C18H25N3O4. The standard InChI is InChI=1S/C18H25N3O4/c1-5-10(2)19-14-12(9-22)17(24)15(14)20-13-8-6-7-11(16(13)23)18(25)21(3)4/h6-8,10,12,19-20,22-23H,5,9H2,1-4H3/t10-,12?/m1/s1. The Labute approximate surface area is 147 Å². The number of carbonyl (C=O) groups is 2. The number of aliphatic hydroxyl groups is 1. The van der Waals surface area contributed by atoms with E-state index in [4.69, 9.17) is 0 Å². The Bertz CT molecular complexity index is 712. The van der Waals surface area contributed by atoms with Crippen LogP contribution in [-0.4, -0.2) is 53.5 Å². The fraction of sp³-hybridized carbons (Fsp3) is 0.444. The number of ketones is 1. The van der Waals surface area contributed by atoms with Crippen molar-refractivity contribution in [2.24, 2.45) is 5.92 Å². The average molecular weight is 347 g/mol. The third-order valence-corrected chi connectivity index (χ3v) is 4.31. The highest BCUT2D eigenvalue weighted by molar-refractivity contribution is 6.09. The maximum absolute atomic E-state index is 12.2. The molecule has 1 aromatic rings. The van der Waals surface area contributed by atoms with E-state index < -0.39 is 5.92 Å². The lowest BCUT2D eigenvalue weighted by Gasteiger charge is -2.34. The van der Waals surface area contributed by atoms with Crippen LogP contribution in [0.25, 0.3) is 0 Å². The number of Topliss-reactive ketones (excluding diaryl/α,β-unsaturated/α-hetero) is 1. The molecule has 0 aromatic heterocycles. The summed E-state index contributed by atoms with van der Waals surface area (Å²) in [6.45, 7) is 3.73. The highest BCUT2D eigenvalue weighted by atomic mass is 16.3. The fourth-order valence-electron chi connectivity index (χ4n) is 2.57. The predicted octanol–water partition coefficient (Wildman–Crippen LogP) is 1.30. The molecule has 7 heteroatoms. The molecule has 0 radical (unpaired) electrons. The maximum atomic E-state index is 12.2. The molecule has 1 unspecified atom stereocenters. The van der Waals surface area contributed by atoms with Crippen LogP contribution in [0.15, 0.2) is 29.6 Å². The molecule has 2 atom stereocenters. The normalized spacial score (nSPS) is 17.8. The number of phenols is 1. The van der Waals surface area contributed by atoms with E-state index in [0.717, 1.165) is 6.42 Å². The maximum Gasteiger partial charge on any atom is 0.257 e. The minimum Gasteiger partial charge on any atom is -0.505 e. The van der Waals surface area contributed by atoms with Gasteiger partial charge >= 0.3 is 0 Å². The SMILES string of the molecule is CC[C@@H](C)NC1=C(Nc2cccc(C(=O)N(C)C)c2O)C(=O)C1CO. The number of aliphatic hydroxyl groups excluding tert-OH is 1. The number of allylic oxidation sites excluding steroid dienone is 1. The number of nitrogens with zero attached hydrogens (tertiary/aromatic N) is 1. The highest BCUT2D eigenvalue weighted by Gasteiger charge is 2.39. The quantitative estimate of drug-likeness (QED) is 0.555. The molecule has 4 N–H and O–H groups in total. The number of amides is 1. The highest BCUT2D eigenvalue weighted by Crippen LogP contribution is 2.35. The first kappa shape index (κ1) is 18.8. The van der Waals surface area contributed by atoms with E-state index in [1.54, 1.807) is 26.2 Å². The summed E-state index contributed by atoms with van der Waals surface area (Å²) in [5, 5.41) is 25.9. The number of para-hydroxylation sites is 1. The number of rotatable bonds is 7. The van der Waals surface area contributed by atoms with E-state index in [9.17, 15) is 19.8 Å². The van der Waals surface area contributed by atoms with E-state index in [1.807, 2.05) is 13.8 Å². The summed E-state index contributed by atoms with van der Waals surface area (Å²) in [5.41, 5.74) is 1.36. The summed E-state index contributed by atoms with van der Waals surface area (Å²) in [6, 6.07) is 4.89. The van der Waals surface area contributed by atoms with Crippen molar-refractivity contribution in [3.05, 3.63) is 35.2 Å². The van der Waals surface area contributed by atoms with E-state index in [2.05, 4.69) is 10.6 Å². The molecule has 136 valence electrons. The predicted molar refractivity (Wildman–Crippen MR) is 95.2 cm³/mol. The second-order valence-corrected chi connectivity index (χ2v) is 6.37. The second kappa shape index (κ2) is 7.57. The molecular weight excluding hydrogens is 322 g/mol. The molecule has 0 spiro atoms. The molecule has 0 fully saturated rings. The van der Waals surface area contributed by atoms with Gasteiger partial charge in [0.05, 0.1) is 29.5 Å². The zero-order valence-corrected chi connectivity index (χ0v) is 15.0. The molecule has 0 heterocycles. The summed E-state index contributed by atoms with van der Waals surface area (Å²) < 4.78 is 0. The van der Waals surface area contributed by atoms with Crippen LogP contribution >= 0.6 is 0 Å². The molecule has 25 heavy (non-hydrogen) atoms. The van der Waals surface area contributed by atoms with E-state index in [1.165, 1.54) is 11.0 Å². The first-order valence-electron chi connectivity index (χ1n) is 8.28. The van der Waals surface area contributed by atoms with Gasteiger partial charge in [0.15, 0.2) is 11.5 Å². The zero-order valence-electron chi connectivity index (χ0n) is 15.0. The van der Waals surface area contributed by atoms with Gasteiger partial charge in [0.2, 0.25) is 0 Å². The number of benzene rings is 1. The van der Waals surface area contributed by atoms with Gasteiger partial charge in [0, 0.05) is 20.1 Å². The number of aromatic hydroxyl groups is 1. The van der Waals surface area contributed by atoms with Crippen molar-refractivity contribution >= 4 is 17.4 Å². The first-order chi connectivity index (χ1) is 11.8. The average Bonchev–Trinajstić information content (AvgIpc) is 2.59. The summed E-state index contributed by atoms with van der Waals surface area (Å²) in [4.78, 5) is 25.7. The Kier molecular flexibility index (Phi) is 5.69. The molecule has 7 nitrogen and oxygen atoms in total. The lowest BCUT2D eigenvalue weighted by molar-refractivity contribution is -0.121. The van der Waals surface area contributed by atoms with Crippen molar-refractivity contribution in [1.29, 1.82) is 0 Å². The van der Waals surface area contributed by atoms with E-state index >= 15 is 0 Å². The molecule has 1 aromatic carbocycles. The van der Waals surface area contributed by atoms with Crippen LogP contribution in [0.5, 0.6) is 5.75 Å². The molecule has 0 bridgehead atoms. The molecule has 1 amide bonds. The van der Waals surface area contributed by atoms with E-state index in [0.29, 0.717) is 11.4 Å². The number of nitrogens with one attached hydrogen (secondary N) is 2. The topological polar surface area (TPSA) is 102 Å². The second-order valence-electron chi connectivity index (χ2n) is 6.37. The van der Waals surface area contributed by atoms with Gasteiger partial charge in [-0.05, 0) is 25.5 Å². The Morgan fingerprint density at radius 1 is 1.36 bits per heavy atom. The van der Waals surface area contributed by atoms with Gasteiger partial charge in [-0.1, -0.05) is 13.0 Å². The molecule has 0 saturated carbocycles. The van der Waals surface area contributed by atoms with Crippen molar-refractivity contribution in [1.82, 2.24) is 10.2 Å². The van der Waals surface area contributed by atoms with Crippen LogP contribution in [0.4, 0.5) is 5.69 Å². The van der Waals surface area contributed by atoms with Crippen molar-refractivity contribution in [2.45, 2.75) is 26.3 Å². The van der Waals surface area contributed by atoms with Crippen LogP contribution < -0.4 is 10.6 Å². The van der Waals surface area contributed by atoms with Gasteiger partial charge < -0.3 is 25.7 Å². The van der Waals surface area contributed by atoms with Gasteiger partial charge in [0.25, 0.3) is 5.91 Å². The lowest BCUT2D eigenvalue weighted by Crippen LogP contribution is -2.45. The third kappa shape index (κ3) is 3.61. The fourth-order valence-corrected chi connectivity index (χ4v) is 2.57. The number of hydrogen-bond donors (Lipinski definition) is 4. The number of phenolic OH excluding ortho intramolecular Hbond substituents is 1. The Balaban J connectivity index is 2.34. The van der Waals surface area contributed by atoms with Gasteiger partial charge in [-0.2, -0.15) is 0 Å². The van der Waals surface area contributed by atoms with E-state index in [-0.39, 0.29) is 41.3 Å².